The second-order valence-corrected chi connectivity index (χ2v) is 6.36. The summed E-state index contributed by atoms with van der Waals surface area (Å²) in [6.07, 6.45) is 7.62. The lowest BCUT2D eigenvalue weighted by atomic mass is 9.94. The van der Waals surface area contributed by atoms with E-state index in [0.717, 1.165) is 25.4 Å². The molecule has 2 aromatic heterocycles. The highest BCUT2D eigenvalue weighted by Crippen LogP contribution is 2.26. The fourth-order valence-corrected chi connectivity index (χ4v) is 3.31. The van der Waals surface area contributed by atoms with Crippen LogP contribution in [0.1, 0.15) is 30.0 Å². The number of nitrogens with one attached hydrogen (secondary N) is 1. The molecule has 3 heterocycles. The molecular formula is C19H21N5O. The van der Waals surface area contributed by atoms with E-state index in [9.17, 15) is 0 Å². The van der Waals surface area contributed by atoms with Crippen LogP contribution in [0.25, 0.3) is 0 Å². The van der Waals surface area contributed by atoms with Gasteiger partial charge in [-0.1, -0.05) is 12.1 Å². The normalized spacial score (nSPS) is 18.2. The third kappa shape index (κ3) is 4.03. The van der Waals surface area contributed by atoms with Crippen molar-refractivity contribution in [3.63, 3.8) is 0 Å². The number of aromatic amines is 1. The zero-order valence-corrected chi connectivity index (χ0v) is 14.0. The number of hydrogen-bond donors (Lipinski definition) is 1. The van der Waals surface area contributed by atoms with Gasteiger partial charge in [0.2, 0.25) is 0 Å². The molecular weight excluding hydrogens is 314 g/mol. The van der Waals surface area contributed by atoms with Crippen molar-refractivity contribution in [2.75, 3.05) is 13.1 Å². The summed E-state index contributed by atoms with van der Waals surface area (Å²) in [6.45, 7) is 3.16. The van der Waals surface area contributed by atoms with E-state index in [4.69, 9.17) is 4.74 Å². The van der Waals surface area contributed by atoms with Gasteiger partial charge in [-0.25, -0.2) is 9.97 Å². The Morgan fingerprint density at radius 2 is 1.92 bits per heavy atom. The molecule has 25 heavy (non-hydrogen) atoms. The molecule has 0 spiro atoms. The van der Waals surface area contributed by atoms with Crippen LogP contribution in [-0.4, -0.2) is 38.2 Å². The molecule has 1 unspecified atom stereocenters. The highest BCUT2D eigenvalue weighted by Gasteiger charge is 2.22. The first-order chi connectivity index (χ1) is 12.4. The maximum Gasteiger partial charge on any atom is 0.321 e. The van der Waals surface area contributed by atoms with Crippen molar-refractivity contribution >= 4 is 0 Å². The third-order valence-corrected chi connectivity index (χ3v) is 4.55. The number of benzene rings is 1. The molecule has 1 N–H and O–H groups in total. The predicted molar refractivity (Wildman–Crippen MR) is 94.4 cm³/mol. The molecule has 1 aliphatic heterocycles. The highest BCUT2D eigenvalue weighted by molar-refractivity contribution is 5.29. The van der Waals surface area contributed by atoms with Crippen LogP contribution in [0.2, 0.25) is 0 Å². The van der Waals surface area contributed by atoms with Crippen molar-refractivity contribution in [1.29, 1.82) is 0 Å². The van der Waals surface area contributed by atoms with Gasteiger partial charge in [-0.05, 0) is 49.2 Å². The Morgan fingerprint density at radius 1 is 1.08 bits per heavy atom. The van der Waals surface area contributed by atoms with Crippen LogP contribution in [0.5, 0.6) is 11.8 Å². The molecule has 0 bridgehead atoms. The minimum absolute atomic E-state index is 0.369. The van der Waals surface area contributed by atoms with Crippen LogP contribution in [0.4, 0.5) is 0 Å². The van der Waals surface area contributed by atoms with Gasteiger partial charge in [0.25, 0.3) is 0 Å². The largest absolute Gasteiger partial charge is 0.424 e. The topological polar surface area (TPSA) is 66.9 Å². The molecule has 0 aliphatic carbocycles. The fourth-order valence-electron chi connectivity index (χ4n) is 3.31. The number of nitrogens with zero attached hydrogens (tertiary/aromatic N) is 4. The summed E-state index contributed by atoms with van der Waals surface area (Å²) in [5, 5.41) is 7.20. The van der Waals surface area contributed by atoms with E-state index < -0.39 is 0 Å². The summed E-state index contributed by atoms with van der Waals surface area (Å²) >= 11 is 0. The number of aromatic nitrogens is 4. The molecule has 1 fully saturated rings. The molecule has 0 amide bonds. The van der Waals surface area contributed by atoms with Gasteiger partial charge in [-0.15, -0.1) is 0 Å². The van der Waals surface area contributed by atoms with Crippen molar-refractivity contribution in [3.05, 3.63) is 66.2 Å². The van der Waals surface area contributed by atoms with Crippen molar-refractivity contribution in [2.45, 2.75) is 25.3 Å². The standard InChI is InChI=1S/C19H21N5O/c1-3-16(18-8-11-22-23-18)14-24(12-1)13-15-4-6-17(7-5-15)25-19-20-9-2-10-21-19/h2,4-11,16H,1,3,12-14H2,(H,22,23). The minimum atomic E-state index is 0.369. The average Bonchev–Trinajstić information content (AvgIpc) is 3.19. The number of H-pyrrole nitrogens is 1. The van der Waals surface area contributed by atoms with E-state index in [1.165, 1.54) is 24.1 Å². The fraction of sp³-hybridized carbons (Fsp3) is 0.316. The maximum absolute atomic E-state index is 5.64. The van der Waals surface area contributed by atoms with Crippen LogP contribution in [0.3, 0.4) is 0 Å². The first kappa shape index (κ1) is 15.8. The Bertz CT molecular complexity index is 773. The molecule has 4 rings (SSSR count). The summed E-state index contributed by atoms with van der Waals surface area (Å²) in [5.74, 6) is 1.30. The Kier molecular flexibility index (Phi) is 4.70. The number of hydrogen-bond acceptors (Lipinski definition) is 5. The molecule has 1 aliphatic rings. The van der Waals surface area contributed by atoms with Gasteiger partial charge in [0, 0.05) is 43.3 Å². The molecule has 1 atom stereocenters. The lowest BCUT2D eigenvalue weighted by Crippen LogP contribution is -2.34. The Labute approximate surface area is 146 Å². The van der Waals surface area contributed by atoms with Crippen LogP contribution < -0.4 is 4.74 Å². The predicted octanol–water partition coefficient (Wildman–Crippen LogP) is 3.37. The lowest BCUT2D eigenvalue weighted by molar-refractivity contribution is 0.198. The van der Waals surface area contributed by atoms with Crippen molar-refractivity contribution in [1.82, 2.24) is 25.1 Å². The molecule has 1 saturated heterocycles. The van der Waals surface area contributed by atoms with Crippen LogP contribution in [0, 0.1) is 0 Å². The SMILES string of the molecule is c1cnc(Oc2ccc(CN3CCCC(c4ccn[nH]4)C3)cc2)nc1. The van der Waals surface area contributed by atoms with Crippen molar-refractivity contribution in [2.24, 2.45) is 0 Å². The zero-order valence-electron chi connectivity index (χ0n) is 14.0. The molecule has 0 radical (unpaired) electrons. The molecule has 0 saturated carbocycles. The van der Waals surface area contributed by atoms with E-state index in [2.05, 4.69) is 43.3 Å². The van der Waals surface area contributed by atoms with Gasteiger partial charge in [0.05, 0.1) is 0 Å². The Morgan fingerprint density at radius 3 is 2.68 bits per heavy atom. The minimum Gasteiger partial charge on any atom is -0.424 e. The van der Waals surface area contributed by atoms with Gasteiger partial charge >= 0.3 is 6.01 Å². The Balaban J connectivity index is 1.36. The molecule has 6 heteroatoms. The Hall–Kier alpha value is -2.73. The lowest BCUT2D eigenvalue weighted by Gasteiger charge is -2.32. The van der Waals surface area contributed by atoms with Gasteiger partial charge in [0.15, 0.2) is 0 Å². The first-order valence-corrected chi connectivity index (χ1v) is 8.62. The van der Waals surface area contributed by atoms with E-state index >= 15 is 0 Å². The maximum atomic E-state index is 5.64. The number of rotatable bonds is 5. The monoisotopic (exact) mass is 335 g/mol. The molecule has 128 valence electrons. The summed E-state index contributed by atoms with van der Waals surface area (Å²) in [5.41, 5.74) is 2.53. The number of likely N-dealkylation sites (tertiary alicyclic amines) is 1. The summed E-state index contributed by atoms with van der Waals surface area (Å²) < 4.78 is 5.64. The summed E-state index contributed by atoms with van der Waals surface area (Å²) in [4.78, 5) is 10.7. The third-order valence-electron chi connectivity index (χ3n) is 4.55. The van der Waals surface area contributed by atoms with Gasteiger partial charge < -0.3 is 4.74 Å². The van der Waals surface area contributed by atoms with Gasteiger partial charge in [-0.3, -0.25) is 10.00 Å². The quantitative estimate of drug-likeness (QED) is 0.774. The second-order valence-electron chi connectivity index (χ2n) is 6.36. The summed E-state index contributed by atoms with van der Waals surface area (Å²) in [7, 11) is 0. The molecule has 6 nitrogen and oxygen atoms in total. The molecule has 3 aromatic rings. The van der Waals surface area contributed by atoms with Crippen molar-refractivity contribution in [3.8, 4) is 11.8 Å². The first-order valence-electron chi connectivity index (χ1n) is 8.62. The number of piperidine rings is 1. The smallest absolute Gasteiger partial charge is 0.321 e. The van der Waals surface area contributed by atoms with E-state index in [1.54, 1.807) is 18.5 Å². The number of ether oxygens (including phenoxy) is 1. The van der Waals surface area contributed by atoms with Crippen LogP contribution in [-0.2, 0) is 6.54 Å². The van der Waals surface area contributed by atoms with E-state index in [-0.39, 0.29) is 0 Å². The second kappa shape index (κ2) is 7.44. The van der Waals surface area contributed by atoms with E-state index in [1.807, 2.05) is 18.3 Å². The van der Waals surface area contributed by atoms with Crippen LogP contribution >= 0.6 is 0 Å². The molecule has 1 aromatic carbocycles. The van der Waals surface area contributed by atoms with Gasteiger partial charge in [-0.2, -0.15) is 5.10 Å². The average molecular weight is 335 g/mol. The highest BCUT2D eigenvalue weighted by atomic mass is 16.5. The zero-order chi connectivity index (χ0) is 16.9. The van der Waals surface area contributed by atoms with Gasteiger partial charge in [0.1, 0.15) is 5.75 Å². The summed E-state index contributed by atoms with van der Waals surface area (Å²) in [6, 6.07) is 12.4. The van der Waals surface area contributed by atoms with Crippen LogP contribution in [0.15, 0.2) is 55.0 Å². The van der Waals surface area contributed by atoms with E-state index in [0.29, 0.717) is 11.9 Å². The van der Waals surface area contributed by atoms with Crippen molar-refractivity contribution < 1.29 is 4.74 Å².